The van der Waals surface area contributed by atoms with Crippen LogP contribution in [-0.4, -0.2) is 27.2 Å². The smallest absolute Gasteiger partial charge is 0.481 e. The van der Waals surface area contributed by atoms with Gasteiger partial charge in [0.2, 0.25) is 0 Å². The molecule has 0 saturated heterocycles. The molecule has 0 aliphatic carbocycles. The van der Waals surface area contributed by atoms with E-state index in [1.54, 1.807) is 0 Å². The van der Waals surface area contributed by atoms with Crippen molar-refractivity contribution in [1.29, 1.82) is 0 Å². The van der Waals surface area contributed by atoms with Gasteiger partial charge in [0.25, 0.3) is 0 Å². The Morgan fingerprint density at radius 3 is 2.54 bits per heavy atom. The average Bonchev–Trinajstić information content (AvgIpc) is 2.91. The van der Waals surface area contributed by atoms with Gasteiger partial charge in [-0.3, -0.25) is 9.48 Å². The highest BCUT2D eigenvalue weighted by atomic mass is 19.4. The van der Waals surface area contributed by atoms with Crippen molar-refractivity contribution < 1.29 is 36.6 Å². The Balaban J connectivity index is 2.04. The number of carboxylic acids is 1. The van der Waals surface area contributed by atoms with Crippen LogP contribution in [0.1, 0.15) is 17.7 Å². The molecule has 1 aromatic heterocycles. The zero-order chi connectivity index (χ0) is 20.5. The van der Waals surface area contributed by atoms with Crippen molar-refractivity contribution in [2.75, 3.05) is 0 Å². The second kappa shape index (κ2) is 7.45. The number of rotatable bonds is 6. The van der Waals surface area contributed by atoms with Crippen LogP contribution in [0.25, 0.3) is 10.9 Å². The van der Waals surface area contributed by atoms with Gasteiger partial charge >= 0.3 is 12.3 Å². The SMILES string of the molecule is O=C(O)CCc1nn(Cc2ccc(F)cc2F)c2cc(OC(F)(F)F)ccc12. The van der Waals surface area contributed by atoms with Crippen LogP contribution in [0.5, 0.6) is 5.75 Å². The van der Waals surface area contributed by atoms with Gasteiger partial charge in [0, 0.05) is 29.5 Å². The minimum atomic E-state index is -4.90. The maximum Gasteiger partial charge on any atom is 0.573 e. The molecule has 0 radical (unpaired) electrons. The van der Waals surface area contributed by atoms with Crippen LogP contribution < -0.4 is 4.74 Å². The Hall–Kier alpha value is -3.17. The summed E-state index contributed by atoms with van der Waals surface area (Å²) in [6, 6.07) is 6.44. The van der Waals surface area contributed by atoms with E-state index in [4.69, 9.17) is 5.11 Å². The Kier molecular flexibility index (Phi) is 5.21. The first-order chi connectivity index (χ1) is 13.1. The standard InChI is InChI=1S/C18H13F5N2O3/c19-11-2-1-10(14(20)7-11)9-25-16-8-12(28-18(21,22)23)3-4-13(16)15(24-25)5-6-17(26)27/h1-4,7-8H,5-6,9H2,(H,26,27). The number of alkyl halides is 3. The fraction of sp³-hybridized carbons (Fsp3) is 0.222. The summed E-state index contributed by atoms with van der Waals surface area (Å²) in [7, 11) is 0. The van der Waals surface area contributed by atoms with E-state index in [0.29, 0.717) is 17.1 Å². The number of aliphatic carboxylic acids is 1. The van der Waals surface area contributed by atoms with Crippen molar-refractivity contribution in [3.63, 3.8) is 0 Å². The molecule has 10 heteroatoms. The van der Waals surface area contributed by atoms with E-state index >= 15 is 0 Å². The van der Waals surface area contributed by atoms with E-state index in [1.165, 1.54) is 16.8 Å². The maximum absolute atomic E-state index is 14.0. The molecular weight excluding hydrogens is 387 g/mol. The molecule has 0 fully saturated rings. The van der Waals surface area contributed by atoms with Gasteiger partial charge < -0.3 is 9.84 Å². The summed E-state index contributed by atoms with van der Waals surface area (Å²) in [5.74, 6) is -3.16. The zero-order valence-electron chi connectivity index (χ0n) is 14.1. The van der Waals surface area contributed by atoms with E-state index in [1.807, 2.05) is 0 Å². The van der Waals surface area contributed by atoms with Crippen molar-refractivity contribution in [1.82, 2.24) is 9.78 Å². The van der Waals surface area contributed by atoms with Gasteiger partial charge in [0.15, 0.2) is 0 Å². The first-order valence-electron chi connectivity index (χ1n) is 8.03. The summed E-state index contributed by atoms with van der Waals surface area (Å²) in [5, 5.41) is 13.5. The molecule has 0 unspecified atom stereocenters. The van der Waals surface area contributed by atoms with E-state index in [-0.39, 0.29) is 30.5 Å². The Morgan fingerprint density at radius 2 is 1.89 bits per heavy atom. The first-order valence-corrected chi connectivity index (χ1v) is 8.03. The monoisotopic (exact) mass is 400 g/mol. The quantitative estimate of drug-likeness (QED) is 0.628. The minimum Gasteiger partial charge on any atom is -0.481 e. The van der Waals surface area contributed by atoms with Crippen molar-refractivity contribution in [2.45, 2.75) is 25.7 Å². The molecule has 5 nitrogen and oxygen atoms in total. The highest BCUT2D eigenvalue weighted by molar-refractivity contribution is 5.84. The van der Waals surface area contributed by atoms with E-state index < -0.39 is 29.7 Å². The number of carboxylic acid groups (broad SMARTS) is 1. The van der Waals surface area contributed by atoms with Crippen LogP contribution >= 0.6 is 0 Å². The van der Waals surface area contributed by atoms with Gasteiger partial charge in [-0.15, -0.1) is 13.2 Å². The lowest BCUT2D eigenvalue weighted by molar-refractivity contribution is -0.274. The molecule has 0 aliphatic rings. The highest BCUT2D eigenvalue weighted by Gasteiger charge is 2.31. The van der Waals surface area contributed by atoms with Crippen molar-refractivity contribution in [3.05, 3.63) is 59.3 Å². The number of carbonyl (C=O) groups is 1. The Labute approximate surface area is 154 Å². The number of aromatic nitrogens is 2. The normalized spacial score (nSPS) is 11.8. The van der Waals surface area contributed by atoms with Crippen LogP contribution in [0.2, 0.25) is 0 Å². The molecule has 28 heavy (non-hydrogen) atoms. The van der Waals surface area contributed by atoms with E-state index in [9.17, 15) is 26.7 Å². The van der Waals surface area contributed by atoms with E-state index in [0.717, 1.165) is 18.2 Å². The molecule has 1 N–H and O–H groups in total. The summed E-state index contributed by atoms with van der Waals surface area (Å²) in [4.78, 5) is 10.8. The number of nitrogens with zero attached hydrogens (tertiary/aromatic N) is 2. The minimum absolute atomic E-state index is 0.0320. The van der Waals surface area contributed by atoms with Crippen LogP contribution in [0.4, 0.5) is 22.0 Å². The zero-order valence-corrected chi connectivity index (χ0v) is 14.1. The Morgan fingerprint density at radius 1 is 1.14 bits per heavy atom. The second-order valence-electron chi connectivity index (χ2n) is 5.96. The molecule has 0 aliphatic heterocycles. The second-order valence-corrected chi connectivity index (χ2v) is 5.96. The van der Waals surface area contributed by atoms with Crippen molar-refractivity contribution >= 4 is 16.9 Å². The lowest BCUT2D eigenvalue weighted by Gasteiger charge is -2.10. The summed E-state index contributed by atoms with van der Waals surface area (Å²) >= 11 is 0. The Bertz CT molecular complexity index is 1030. The van der Waals surface area contributed by atoms with E-state index in [2.05, 4.69) is 9.84 Å². The lowest BCUT2D eigenvalue weighted by Crippen LogP contribution is -2.17. The lowest BCUT2D eigenvalue weighted by atomic mass is 10.1. The van der Waals surface area contributed by atoms with Crippen molar-refractivity contribution in [2.24, 2.45) is 0 Å². The molecule has 0 atom stereocenters. The predicted molar refractivity (Wildman–Crippen MR) is 87.8 cm³/mol. The fourth-order valence-corrected chi connectivity index (χ4v) is 2.76. The van der Waals surface area contributed by atoms with Gasteiger partial charge in [0.05, 0.1) is 24.2 Å². The fourth-order valence-electron chi connectivity index (χ4n) is 2.76. The number of ether oxygens (including phenoxy) is 1. The van der Waals surface area contributed by atoms with Crippen LogP contribution in [0, 0.1) is 11.6 Å². The summed E-state index contributed by atoms with van der Waals surface area (Å²) in [6.07, 6.45) is -5.10. The highest BCUT2D eigenvalue weighted by Crippen LogP contribution is 2.29. The number of aryl methyl sites for hydroxylation is 1. The summed E-state index contributed by atoms with van der Waals surface area (Å²) in [6.45, 7) is -0.189. The average molecular weight is 400 g/mol. The summed E-state index contributed by atoms with van der Waals surface area (Å²) < 4.78 is 69.7. The molecule has 0 amide bonds. The van der Waals surface area contributed by atoms with Gasteiger partial charge in [-0.05, 0) is 18.2 Å². The summed E-state index contributed by atoms with van der Waals surface area (Å²) in [5.41, 5.74) is 0.599. The van der Waals surface area contributed by atoms with Gasteiger partial charge in [-0.25, -0.2) is 8.78 Å². The largest absolute Gasteiger partial charge is 0.573 e. The molecular formula is C18H13F5N2O3. The van der Waals surface area contributed by atoms with Crippen LogP contribution in [0.3, 0.4) is 0 Å². The van der Waals surface area contributed by atoms with Crippen LogP contribution in [0.15, 0.2) is 36.4 Å². The first kappa shape index (κ1) is 19.6. The number of hydrogen-bond donors (Lipinski definition) is 1. The molecule has 0 saturated carbocycles. The molecule has 3 rings (SSSR count). The van der Waals surface area contributed by atoms with Gasteiger partial charge in [0.1, 0.15) is 17.4 Å². The number of fused-ring (bicyclic) bond motifs is 1. The number of halogens is 5. The third-order valence-electron chi connectivity index (χ3n) is 3.94. The van der Waals surface area contributed by atoms with Crippen LogP contribution in [-0.2, 0) is 17.8 Å². The maximum atomic E-state index is 14.0. The van der Waals surface area contributed by atoms with Crippen molar-refractivity contribution in [3.8, 4) is 5.75 Å². The number of hydrogen-bond acceptors (Lipinski definition) is 3. The molecule has 2 aromatic carbocycles. The van der Waals surface area contributed by atoms with Gasteiger partial charge in [-0.1, -0.05) is 6.07 Å². The number of benzene rings is 2. The molecule has 0 spiro atoms. The molecule has 0 bridgehead atoms. The molecule has 1 heterocycles. The van der Waals surface area contributed by atoms with Gasteiger partial charge in [-0.2, -0.15) is 5.10 Å². The molecule has 3 aromatic rings. The predicted octanol–water partition coefficient (Wildman–Crippen LogP) is 4.28. The third kappa shape index (κ3) is 4.56. The molecule has 148 valence electrons. The third-order valence-corrected chi connectivity index (χ3v) is 3.94. The topological polar surface area (TPSA) is 64.3 Å².